The van der Waals surface area contributed by atoms with Crippen molar-refractivity contribution in [1.82, 2.24) is 15.1 Å². The predicted octanol–water partition coefficient (Wildman–Crippen LogP) is 5.12. The number of nitrogens with one attached hydrogen (secondary N) is 2. The molecule has 1 fully saturated rings. The summed E-state index contributed by atoms with van der Waals surface area (Å²) in [6.07, 6.45) is 1.56. The number of piperidine rings is 1. The van der Waals surface area contributed by atoms with Gasteiger partial charge in [0.2, 0.25) is 0 Å². The number of benzene rings is 2. The molecule has 0 radical (unpaired) electrons. The van der Waals surface area contributed by atoms with E-state index in [1.54, 1.807) is 18.2 Å². The van der Waals surface area contributed by atoms with Gasteiger partial charge in [0.05, 0.1) is 5.69 Å². The second-order valence-corrected chi connectivity index (χ2v) is 9.54. The zero-order chi connectivity index (χ0) is 23.6. The lowest BCUT2D eigenvalue weighted by molar-refractivity contribution is 0.0712. The van der Waals surface area contributed by atoms with Gasteiger partial charge < -0.3 is 10.2 Å². The number of amides is 2. The Bertz CT molecular complexity index is 1140. The number of hydrogen-bond acceptors (Lipinski definition) is 3. The van der Waals surface area contributed by atoms with Crippen molar-refractivity contribution in [3.8, 4) is 0 Å². The van der Waals surface area contributed by atoms with E-state index in [-0.39, 0.29) is 28.6 Å². The van der Waals surface area contributed by atoms with Crippen LogP contribution in [0.3, 0.4) is 0 Å². The molecule has 172 valence electrons. The Morgan fingerprint density at radius 3 is 2.36 bits per heavy atom. The van der Waals surface area contributed by atoms with Crippen LogP contribution in [0.2, 0.25) is 0 Å². The van der Waals surface area contributed by atoms with E-state index in [0.29, 0.717) is 18.7 Å². The van der Waals surface area contributed by atoms with Gasteiger partial charge in [-0.1, -0.05) is 45.0 Å². The average molecular weight is 449 g/mol. The molecule has 0 spiro atoms. The van der Waals surface area contributed by atoms with Crippen LogP contribution in [0.25, 0.3) is 0 Å². The molecule has 0 unspecified atom stereocenters. The minimum absolute atomic E-state index is 0.0449. The summed E-state index contributed by atoms with van der Waals surface area (Å²) in [5, 5.41) is 9.60. The second kappa shape index (κ2) is 9.17. The number of anilines is 1. The molecule has 0 atom stereocenters. The normalized spacial score (nSPS) is 14.8. The molecule has 4 rings (SSSR count). The van der Waals surface area contributed by atoms with E-state index >= 15 is 0 Å². The van der Waals surface area contributed by atoms with Crippen molar-refractivity contribution in [1.29, 1.82) is 0 Å². The van der Waals surface area contributed by atoms with Crippen LogP contribution in [0, 0.1) is 5.82 Å². The molecule has 6 nitrogen and oxygen atoms in total. The standard InChI is InChI=1S/C26H29FN4O2/c1-26(2,3)19-10-8-18(9-11-19)25(33)31-14-12-17(13-15-31)22-16-23(30-29-22)24(32)28-21-7-5-4-6-20(21)27/h4-11,16-17H,12-15H2,1-3H3,(H,28,32)(H,29,30). The summed E-state index contributed by atoms with van der Waals surface area (Å²) in [7, 11) is 0. The van der Waals surface area contributed by atoms with E-state index in [2.05, 4.69) is 36.3 Å². The van der Waals surface area contributed by atoms with Crippen LogP contribution in [0.15, 0.2) is 54.6 Å². The fourth-order valence-electron chi connectivity index (χ4n) is 4.10. The molecular formula is C26H29FN4O2. The largest absolute Gasteiger partial charge is 0.339 e. The summed E-state index contributed by atoms with van der Waals surface area (Å²) in [5.41, 5.74) is 3.15. The highest BCUT2D eigenvalue weighted by Crippen LogP contribution is 2.29. The van der Waals surface area contributed by atoms with Gasteiger partial charge in [0.1, 0.15) is 5.82 Å². The van der Waals surface area contributed by atoms with Gasteiger partial charge in [-0.2, -0.15) is 5.10 Å². The lowest BCUT2D eigenvalue weighted by Crippen LogP contribution is -2.38. The van der Waals surface area contributed by atoms with Crippen molar-refractivity contribution < 1.29 is 14.0 Å². The summed E-state index contributed by atoms with van der Waals surface area (Å²) in [4.78, 5) is 27.2. The molecule has 7 heteroatoms. The van der Waals surface area contributed by atoms with Crippen LogP contribution in [-0.4, -0.2) is 40.0 Å². The first-order chi connectivity index (χ1) is 15.7. The Morgan fingerprint density at radius 1 is 1.06 bits per heavy atom. The van der Waals surface area contributed by atoms with Gasteiger partial charge in [0.15, 0.2) is 5.69 Å². The van der Waals surface area contributed by atoms with Crippen molar-refractivity contribution >= 4 is 17.5 Å². The molecule has 2 amide bonds. The fraction of sp³-hybridized carbons (Fsp3) is 0.346. The molecule has 0 saturated carbocycles. The third-order valence-corrected chi connectivity index (χ3v) is 6.17. The Balaban J connectivity index is 1.34. The van der Waals surface area contributed by atoms with E-state index in [9.17, 15) is 14.0 Å². The van der Waals surface area contributed by atoms with Gasteiger partial charge in [-0.3, -0.25) is 14.7 Å². The predicted molar refractivity (Wildman–Crippen MR) is 126 cm³/mol. The lowest BCUT2D eigenvalue weighted by Gasteiger charge is -2.31. The Kier molecular flexibility index (Phi) is 6.31. The summed E-state index contributed by atoms with van der Waals surface area (Å²) in [5.74, 6) is -0.732. The maximum absolute atomic E-state index is 13.8. The SMILES string of the molecule is CC(C)(C)c1ccc(C(=O)N2CCC(c3cc(C(=O)Nc4ccccc4F)n[nH]3)CC2)cc1. The fourth-order valence-corrected chi connectivity index (χ4v) is 4.10. The third kappa shape index (κ3) is 5.13. The molecule has 2 heterocycles. The van der Waals surface area contributed by atoms with Crippen LogP contribution in [0.4, 0.5) is 10.1 Å². The van der Waals surface area contributed by atoms with Gasteiger partial charge in [0, 0.05) is 30.3 Å². The van der Waals surface area contributed by atoms with E-state index in [1.165, 1.54) is 17.7 Å². The molecule has 2 aromatic carbocycles. The minimum Gasteiger partial charge on any atom is -0.339 e. The van der Waals surface area contributed by atoms with Gasteiger partial charge in [0.25, 0.3) is 11.8 Å². The third-order valence-electron chi connectivity index (χ3n) is 6.17. The monoisotopic (exact) mass is 448 g/mol. The van der Waals surface area contributed by atoms with Crippen LogP contribution < -0.4 is 5.32 Å². The Hall–Kier alpha value is -3.48. The van der Waals surface area contributed by atoms with E-state index in [1.807, 2.05) is 29.2 Å². The summed E-state index contributed by atoms with van der Waals surface area (Å²) < 4.78 is 13.8. The number of likely N-dealkylation sites (tertiary alicyclic amines) is 1. The van der Waals surface area contributed by atoms with Crippen molar-refractivity contribution in [2.45, 2.75) is 44.9 Å². The van der Waals surface area contributed by atoms with Crippen LogP contribution in [0.1, 0.15) is 71.6 Å². The van der Waals surface area contributed by atoms with Crippen molar-refractivity contribution in [3.63, 3.8) is 0 Å². The number of carbonyl (C=O) groups is 2. The minimum atomic E-state index is -0.494. The second-order valence-electron chi connectivity index (χ2n) is 9.54. The lowest BCUT2D eigenvalue weighted by atomic mass is 9.86. The van der Waals surface area contributed by atoms with Gasteiger partial charge in [-0.05, 0) is 54.2 Å². The van der Waals surface area contributed by atoms with Gasteiger partial charge >= 0.3 is 0 Å². The summed E-state index contributed by atoms with van der Waals surface area (Å²) >= 11 is 0. The highest BCUT2D eigenvalue weighted by molar-refractivity contribution is 6.03. The first kappa shape index (κ1) is 22.7. The van der Waals surface area contributed by atoms with Crippen molar-refractivity contribution in [2.75, 3.05) is 18.4 Å². The van der Waals surface area contributed by atoms with Crippen LogP contribution >= 0.6 is 0 Å². The molecule has 0 aliphatic carbocycles. The number of para-hydroxylation sites is 1. The van der Waals surface area contributed by atoms with E-state index in [4.69, 9.17) is 0 Å². The number of H-pyrrole nitrogens is 1. The molecule has 0 bridgehead atoms. The highest BCUT2D eigenvalue weighted by Gasteiger charge is 2.27. The Labute approximate surface area is 193 Å². The molecule has 33 heavy (non-hydrogen) atoms. The van der Waals surface area contributed by atoms with E-state index < -0.39 is 11.7 Å². The number of aromatic amines is 1. The quantitative estimate of drug-likeness (QED) is 0.582. The molecule has 1 saturated heterocycles. The number of aromatic nitrogens is 2. The highest BCUT2D eigenvalue weighted by atomic mass is 19.1. The molecule has 3 aromatic rings. The van der Waals surface area contributed by atoms with Crippen LogP contribution in [0.5, 0.6) is 0 Å². The number of rotatable bonds is 4. The van der Waals surface area contributed by atoms with Crippen LogP contribution in [-0.2, 0) is 5.41 Å². The number of hydrogen-bond donors (Lipinski definition) is 2. The summed E-state index contributed by atoms with van der Waals surface area (Å²) in [6, 6.07) is 15.6. The number of nitrogens with zero attached hydrogens (tertiary/aromatic N) is 2. The maximum Gasteiger partial charge on any atom is 0.276 e. The number of carbonyl (C=O) groups excluding carboxylic acids is 2. The van der Waals surface area contributed by atoms with Gasteiger partial charge in [-0.15, -0.1) is 0 Å². The smallest absolute Gasteiger partial charge is 0.276 e. The zero-order valence-electron chi connectivity index (χ0n) is 19.2. The number of halogens is 1. The van der Waals surface area contributed by atoms with Crippen molar-refractivity contribution in [3.05, 3.63) is 82.9 Å². The molecule has 1 aromatic heterocycles. The maximum atomic E-state index is 13.8. The van der Waals surface area contributed by atoms with Gasteiger partial charge in [-0.25, -0.2) is 4.39 Å². The van der Waals surface area contributed by atoms with Crippen molar-refractivity contribution in [2.24, 2.45) is 0 Å². The first-order valence-electron chi connectivity index (χ1n) is 11.2. The Morgan fingerprint density at radius 2 is 1.73 bits per heavy atom. The topological polar surface area (TPSA) is 78.1 Å². The molecule has 1 aliphatic heterocycles. The first-order valence-corrected chi connectivity index (χ1v) is 11.2. The summed E-state index contributed by atoms with van der Waals surface area (Å²) in [6.45, 7) is 7.73. The molecule has 1 aliphatic rings. The molecule has 2 N–H and O–H groups in total. The molecular weight excluding hydrogens is 419 g/mol. The van der Waals surface area contributed by atoms with E-state index in [0.717, 1.165) is 18.5 Å². The zero-order valence-corrected chi connectivity index (χ0v) is 19.2. The average Bonchev–Trinajstić information content (AvgIpc) is 3.30.